The third kappa shape index (κ3) is 2.68. The van der Waals surface area contributed by atoms with Gasteiger partial charge in [-0.15, -0.1) is 0 Å². The molecule has 32 heavy (non-hydrogen) atoms. The van der Waals surface area contributed by atoms with Crippen LogP contribution in [0.2, 0.25) is 5.02 Å². The van der Waals surface area contributed by atoms with E-state index < -0.39 is 5.66 Å². The molecule has 156 valence electrons. The zero-order valence-electron chi connectivity index (χ0n) is 17.3. The monoisotopic (exact) mass is 436 g/mol. The van der Waals surface area contributed by atoms with E-state index in [0.29, 0.717) is 5.02 Å². The van der Waals surface area contributed by atoms with E-state index in [1.807, 2.05) is 83.8 Å². The minimum absolute atomic E-state index is 0.0373. The van der Waals surface area contributed by atoms with Gasteiger partial charge in [-0.25, -0.2) is 0 Å². The zero-order valence-corrected chi connectivity index (χ0v) is 18.0. The van der Waals surface area contributed by atoms with Crippen molar-refractivity contribution < 1.29 is 4.79 Å². The van der Waals surface area contributed by atoms with E-state index in [1.54, 1.807) is 0 Å². The van der Waals surface area contributed by atoms with Crippen LogP contribution in [0, 0.1) is 0 Å². The molecule has 1 saturated heterocycles. The highest BCUT2D eigenvalue weighted by Gasteiger charge is 2.61. The molecule has 4 aromatic carbocycles. The van der Waals surface area contributed by atoms with Gasteiger partial charge in [0.15, 0.2) is 0 Å². The quantitative estimate of drug-likeness (QED) is 0.422. The van der Waals surface area contributed by atoms with Crippen LogP contribution in [0.1, 0.15) is 44.7 Å². The summed E-state index contributed by atoms with van der Waals surface area (Å²) in [7, 11) is 0. The minimum atomic E-state index is -0.778. The van der Waals surface area contributed by atoms with E-state index in [0.717, 1.165) is 27.8 Å². The lowest BCUT2D eigenvalue weighted by atomic mass is 9.91. The molecule has 0 aromatic heterocycles. The van der Waals surface area contributed by atoms with Crippen LogP contribution in [-0.4, -0.2) is 10.8 Å². The van der Waals surface area contributed by atoms with Crippen molar-refractivity contribution in [3.8, 4) is 0 Å². The Morgan fingerprint density at radius 1 is 0.719 bits per heavy atom. The normalized spacial score (nSPS) is 23.8. The number of hydrogen-bond acceptors (Lipinski definition) is 2. The van der Waals surface area contributed by atoms with Gasteiger partial charge in [-0.1, -0.05) is 103 Å². The molecular formula is C28H21ClN2O. The highest BCUT2D eigenvalue weighted by molar-refractivity contribution is 6.30. The number of halogens is 1. The Morgan fingerprint density at radius 2 is 1.31 bits per heavy atom. The highest BCUT2D eigenvalue weighted by atomic mass is 35.5. The molecule has 2 aliphatic heterocycles. The second kappa shape index (κ2) is 7.33. The second-order valence-corrected chi connectivity index (χ2v) is 8.76. The fourth-order valence-corrected chi connectivity index (χ4v) is 5.44. The van der Waals surface area contributed by atoms with Crippen molar-refractivity contribution >= 4 is 17.5 Å². The van der Waals surface area contributed by atoms with Gasteiger partial charge in [-0.05, 0) is 34.9 Å². The highest BCUT2D eigenvalue weighted by Crippen LogP contribution is 2.56. The van der Waals surface area contributed by atoms with Crippen molar-refractivity contribution in [2.45, 2.75) is 17.7 Å². The molecule has 0 bridgehead atoms. The molecule has 4 aromatic rings. The van der Waals surface area contributed by atoms with Gasteiger partial charge in [0.05, 0.1) is 12.1 Å². The van der Waals surface area contributed by atoms with Crippen LogP contribution in [0.25, 0.3) is 0 Å². The van der Waals surface area contributed by atoms with Gasteiger partial charge in [0.2, 0.25) is 0 Å². The number of fused-ring (bicyclic) bond motifs is 3. The SMILES string of the molecule is O=C1c2ccccc2[C@@]2(c3ccc(Cl)cc3)N[C@@H](c3ccccc3)[C@H](c3ccccc3)N12. The number of hydrogen-bond donors (Lipinski definition) is 1. The minimum Gasteiger partial charge on any atom is -0.303 e. The van der Waals surface area contributed by atoms with Crippen LogP contribution in [0.4, 0.5) is 0 Å². The van der Waals surface area contributed by atoms with E-state index in [4.69, 9.17) is 11.6 Å². The average Bonchev–Trinajstić information content (AvgIpc) is 3.33. The molecule has 0 aliphatic carbocycles. The molecule has 6 rings (SSSR count). The summed E-state index contributed by atoms with van der Waals surface area (Å²) in [4.78, 5) is 16.0. The smallest absolute Gasteiger partial charge is 0.256 e. The Bertz CT molecular complexity index is 1290. The summed E-state index contributed by atoms with van der Waals surface area (Å²) >= 11 is 6.24. The van der Waals surface area contributed by atoms with Gasteiger partial charge in [0.25, 0.3) is 5.91 Å². The third-order valence-electron chi connectivity index (χ3n) is 6.65. The van der Waals surface area contributed by atoms with Crippen molar-refractivity contribution in [2.75, 3.05) is 0 Å². The molecule has 0 saturated carbocycles. The van der Waals surface area contributed by atoms with E-state index in [9.17, 15) is 4.79 Å². The Kier molecular flexibility index (Phi) is 4.42. The van der Waals surface area contributed by atoms with Crippen molar-refractivity contribution in [3.63, 3.8) is 0 Å². The van der Waals surface area contributed by atoms with Crippen LogP contribution in [0.5, 0.6) is 0 Å². The Balaban J connectivity index is 1.64. The summed E-state index contributed by atoms with van der Waals surface area (Å²) in [6, 6.07) is 36.2. The van der Waals surface area contributed by atoms with E-state index >= 15 is 0 Å². The molecule has 0 spiro atoms. The summed E-state index contributed by atoms with van der Waals surface area (Å²) in [6.45, 7) is 0. The maximum Gasteiger partial charge on any atom is 0.256 e. The van der Waals surface area contributed by atoms with Gasteiger partial charge in [-0.3, -0.25) is 10.1 Å². The first-order valence-corrected chi connectivity index (χ1v) is 11.1. The van der Waals surface area contributed by atoms with E-state index in [2.05, 4.69) is 35.6 Å². The first-order valence-electron chi connectivity index (χ1n) is 10.8. The lowest BCUT2D eigenvalue weighted by molar-refractivity contribution is 0.0606. The van der Waals surface area contributed by atoms with E-state index in [1.165, 1.54) is 0 Å². The molecule has 3 atom stereocenters. The summed E-state index contributed by atoms with van der Waals surface area (Å²) < 4.78 is 0. The Hall–Kier alpha value is -3.40. The summed E-state index contributed by atoms with van der Waals surface area (Å²) in [6.07, 6.45) is 0. The predicted octanol–water partition coefficient (Wildman–Crippen LogP) is 6.08. The largest absolute Gasteiger partial charge is 0.303 e. The number of nitrogens with zero attached hydrogens (tertiary/aromatic N) is 1. The zero-order chi connectivity index (χ0) is 21.7. The molecule has 2 heterocycles. The second-order valence-electron chi connectivity index (χ2n) is 8.33. The van der Waals surface area contributed by atoms with Gasteiger partial charge in [-0.2, -0.15) is 0 Å². The summed E-state index contributed by atoms with van der Waals surface area (Å²) in [5, 5.41) is 4.59. The lowest BCUT2D eigenvalue weighted by Crippen LogP contribution is -2.47. The van der Waals surface area contributed by atoms with Gasteiger partial charge < -0.3 is 4.90 Å². The third-order valence-corrected chi connectivity index (χ3v) is 6.90. The molecule has 0 unspecified atom stereocenters. The van der Waals surface area contributed by atoms with Gasteiger partial charge in [0, 0.05) is 16.1 Å². The number of rotatable bonds is 3. The van der Waals surface area contributed by atoms with E-state index in [-0.39, 0.29) is 18.0 Å². The molecule has 3 nitrogen and oxygen atoms in total. The van der Waals surface area contributed by atoms with Crippen LogP contribution in [-0.2, 0) is 5.66 Å². The van der Waals surface area contributed by atoms with Crippen LogP contribution < -0.4 is 5.32 Å². The fourth-order valence-electron chi connectivity index (χ4n) is 5.32. The lowest BCUT2D eigenvalue weighted by Gasteiger charge is -2.36. The molecule has 2 aliphatic rings. The van der Waals surface area contributed by atoms with Crippen LogP contribution in [0.15, 0.2) is 109 Å². The van der Waals surface area contributed by atoms with Gasteiger partial charge >= 0.3 is 0 Å². The first kappa shape index (κ1) is 19.3. The summed E-state index contributed by atoms with van der Waals surface area (Å²) in [5.41, 5.74) is 4.19. The number of carbonyl (C=O) groups is 1. The molecular weight excluding hydrogens is 416 g/mol. The predicted molar refractivity (Wildman–Crippen MR) is 126 cm³/mol. The maximum atomic E-state index is 13.9. The molecule has 1 N–H and O–H groups in total. The van der Waals surface area contributed by atoms with Crippen molar-refractivity contribution in [1.29, 1.82) is 0 Å². The van der Waals surface area contributed by atoms with Crippen molar-refractivity contribution in [1.82, 2.24) is 10.2 Å². The van der Waals surface area contributed by atoms with Crippen LogP contribution >= 0.6 is 11.6 Å². The first-order chi connectivity index (χ1) is 15.7. The Morgan fingerprint density at radius 3 is 2.00 bits per heavy atom. The number of nitrogens with one attached hydrogen (secondary N) is 1. The summed E-state index contributed by atoms with van der Waals surface area (Å²) in [5.74, 6) is 0.0373. The van der Waals surface area contributed by atoms with Crippen molar-refractivity contribution in [3.05, 3.63) is 142 Å². The molecule has 4 heteroatoms. The van der Waals surface area contributed by atoms with Crippen LogP contribution in [0.3, 0.4) is 0 Å². The standard InChI is InChI=1S/C28H21ClN2O/c29-22-17-15-21(16-18-22)28-24-14-8-7-13-23(24)27(32)31(28)26(20-11-5-2-6-12-20)25(30-28)19-9-3-1-4-10-19/h1-18,25-26,30H/t25-,26-,28-/m0/s1. The molecule has 1 amide bonds. The fraction of sp³-hybridized carbons (Fsp3) is 0.107. The number of carbonyl (C=O) groups excluding carboxylic acids is 1. The number of amides is 1. The maximum absolute atomic E-state index is 13.9. The topological polar surface area (TPSA) is 32.3 Å². The number of benzene rings is 4. The average molecular weight is 437 g/mol. The van der Waals surface area contributed by atoms with Gasteiger partial charge in [0.1, 0.15) is 5.66 Å². The Labute approximate surface area is 192 Å². The van der Waals surface area contributed by atoms with Crippen molar-refractivity contribution in [2.24, 2.45) is 0 Å². The molecule has 1 fully saturated rings. The molecule has 0 radical (unpaired) electrons.